The molecule has 12 nitrogen and oxygen atoms in total. The molecule has 6 atom stereocenters. The molecule has 0 saturated heterocycles. The molecule has 0 radical (unpaired) electrons. The summed E-state index contributed by atoms with van der Waals surface area (Å²) < 4.78 is 6.87. The van der Waals surface area contributed by atoms with Crippen LogP contribution < -0.4 is 0 Å². The number of hydrogen-bond acceptors (Lipinski definition) is 6. The van der Waals surface area contributed by atoms with Crippen molar-refractivity contribution in [1.29, 1.82) is 0 Å². The van der Waals surface area contributed by atoms with Gasteiger partial charge in [-0.25, -0.2) is 29.9 Å². The van der Waals surface area contributed by atoms with E-state index >= 15 is 0 Å². The molecule has 9 heterocycles. The van der Waals surface area contributed by atoms with Gasteiger partial charge in [0.05, 0.1) is 35.1 Å². The summed E-state index contributed by atoms with van der Waals surface area (Å²) in [7, 11) is 0. The summed E-state index contributed by atoms with van der Waals surface area (Å²) in [4.78, 5) is 36.4. The van der Waals surface area contributed by atoms with E-state index < -0.39 is 0 Å². The van der Waals surface area contributed by atoms with Gasteiger partial charge in [0.2, 0.25) is 0 Å². The van der Waals surface area contributed by atoms with Gasteiger partial charge in [0.25, 0.3) is 0 Å². The summed E-state index contributed by atoms with van der Waals surface area (Å²) in [5, 5.41) is 0. The van der Waals surface area contributed by atoms with Gasteiger partial charge in [-0.1, -0.05) is 74.1 Å². The maximum atomic E-state index is 4.55. The van der Waals surface area contributed by atoms with Gasteiger partial charge in [0, 0.05) is 72.0 Å². The first kappa shape index (κ1) is 42.9. The van der Waals surface area contributed by atoms with E-state index in [1.165, 1.54) is 94.1 Å². The molecule has 0 unspecified atom stereocenters. The lowest BCUT2D eigenvalue weighted by Gasteiger charge is -2.17. The standard InChI is InChI=1S/3C15H18N4.2CH4.ClH/c3*1-2-10-4-3-5-11(10)13-8-17-14-9-18-15-12(19(13)14)6-7-16-15;;;/h3*6-11,16H,2-5H2,1H3;2*1H4;1H/t3*10-,11+;;;/m111.../s1. The van der Waals surface area contributed by atoms with Crippen molar-refractivity contribution in [3.8, 4) is 0 Å². The predicted molar refractivity (Wildman–Crippen MR) is 246 cm³/mol. The van der Waals surface area contributed by atoms with Gasteiger partial charge in [-0.15, -0.1) is 12.4 Å². The minimum atomic E-state index is 0. The zero-order valence-electron chi connectivity index (χ0n) is 33.8. The fraction of sp³-hybridized carbons (Fsp3) is 0.489. The van der Waals surface area contributed by atoms with Crippen LogP contribution in [-0.2, 0) is 0 Å². The number of imidazole rings is 3. The summed E-state index contributed by atoms with van der Waals surface area (Å²) in [6.07, 6.45) is 33.4. The number of rotatable bonds is 6. The molecule has 60 heavy (non-hydrogen) atoms. The van der Waals surface area contributed by atoms with Gasteiger partial charge < -0.3 is 15.0 Å². The highest BCUT2D eigenvalue weighted by atomic mass is 35.5. The summed E-state index contributed by atoms with van der Waals surface area (Å²) in [6, 6.07) is 6.28. The van der Waals surface area contributed by atoms with Crippen LogP contribution in [0.25, 0.3) is 50.4 Å². The van der Waals surface area contributed by atoms with E-state index in [9.17, 15) is 0 Å². The van der Waals surface area contributed by atoms with Crippen LogP contribution in [0.5, 0.6) is 0 Å². The largest absolute Gasteiger partial charge is 0.345 e. The summed E-state index contributed by atoms with van der Waals surface area (Å²) >= 11 is 0. The Hall–Kier alpha value is -5.23. The fourth-order valence-corrected chi connectivity index (χ4v) is 11.0. The van der Waals surface area contributed by atoms with Crippen molar-refractivity contribution in [2.75, 3.05) is 0 Å². The molecule has 3 fully saturated rings. The van der Waals surface area contributed by atoms with E-state index in [2.05, 4.69) is 116 Å². The highest BCUT2D eigenvalue weighted by Crippen LogP contribution is 2.44. The smallest absolute Gasteiger partial charge is 0.156 e. The molecule has 12 rings (SSSR count). The third-order valence-corrected chi connectivity index (χ3v) is 13.9. The Morgan fingerprint density at radius 1 is 0.450 bits per heavy atom. The van der Waals surface area contributed by atoms with Crippen molar-refractivity contribution >= 4 is 62.8 Å². The number of aromatic amines is 3. The van der Waals surface area contributed by atoms with Gasteiger partial charge in [0.15, 0.2) is 33.9 Å². The molecule has 9 aromatic heterocycles. The molecular weight excluding hydrogens is 768 g/mol. The number of fused-ring (bicyclic) bond motifs is 9. The molecule has 0 aromatic carbocycles. The minimum Gasteiger partial charge on any atom is -0.345 e. The normalized spacial score (nSPS) is 22.4. The van der Waals surface area contributed by atoms with Crippen molar-refractivity contribution in [3.05, 3.63) is 91.1 Å². The number of halogens is 1. The average Bonchev–Trinajstić information content (AvgIpc) is 4.09. The molecule has 0 amide bonds. The molecule has 3 saturated carbocycles. The van der Waals surface area contributed by atoms with E-state index in [1.807, 2.05) is 37.2 Å². The number of hydrogen-bond donors (Lipinski definition) is 3. The average molecular weight is 832 g/mol. The maximum Gasteiger partial charge on any atom is 0.156 e. The first-order valence-electron chi connectivity index (χ1n) is 21.5. The van der Waals surface area contributed by atoms with E-state index in [4.69, 9.17) is 0 Å². The van der Waals surface area contributed by atoms with Crippen LogP contribution in [0.1, 0.15) is 148 Å². The summed E-state index contributed by atoms with van der Waals surface area (Å²) in [6.45, 7) is 6.92. The number of nitrogens with zero attached hydrogens (tertiary/aromatic N) is 9. The number of H-pyrrole nitrogens is 3. The Morgan fingerprint density at radius 3 is 1.03 bits per heavy atom. The number of nitrogens with one attached hydrogen (secondary N) is 3. The van der Waals surface area contributed by atoms with Gasteiger partial charge in [-0.3, -0.25) is 13.2 Å². The van der Waals surface area contributed by atoms with Crippen LogP contribution in [0.15, 0.2) is 74.0 Å². The van der Waals surface area contributed by atoms with Crippen molar-refractivity contribution in [2.24, 2.45) is 17.8 Å². The Labute approximate surface area is 358 Å². The molecule has 318 valence electrons. The Kier molecular flexibility index (Phi) is 13.0. The zero-order valence-corrected chi connectivity index (χ0v) is 34.6. The van der Waals surface area contributed by atoms with E-state index in [0.717, 1.165) is 68.2 Å². The van der Waals surface area contributed by atoms with E-state index in [-0.39, 0.29) is 27.3 Å². The first-order chi connectivity index (χ1) is 28.1. The van der Waals surface area contributed by atoms with Crippen molar-refractivity contribution in [3.63, 3.8) is 0 Å². The highest BCUT2D eigenvalue weighted by molar-refractivity contribution is 5.85. The molecule has 9 aromatic rings. The first-order valence-corrected chi connectivity index (χ1v) is 21.5. The van der Waals surface area contributed by atoms with Gasteiger partial charge >= 0.3 is 0 Å². The monoisotopic (exact) mass is 830 g/mol. The van der Waals surface area contributed by atoms with Crippen LogP contribution >= 0.6 is 12.4 Å². The highest BCUT2D eigenvalue weighted by Gasteiger charge is 2.32. The molecule has 3 aliphatic rings. The van der Waals surface area contributed by atoms with Gasteiger partial charge in [0.1, 0.15) is 0 Å². The number of aromatic nitrogens is 12. The fourth-order valence-electron chi connectivity index (χ4n) is 11.0. The van der Waals surface area contributed by atoms with Crippen LogP contribution in [0.2, 0.25) is 0 Å². The third-order valence-electron chi connectivity index (χ3n) is 13.9. The van der Waals surface area contributed by atoms with Gasteiger partial charge in [-0.2, -0.15) is 0 Å². The Balaban J connectivity index is 0.000000133. The Bertz CT molecular complexity index is 2480. The zero-order chi connectivity index (χ0) is 38.5. The lowest BCUT2D eigenvalue weighted by molar-refractivity contribution is 0.461. The second kappa shape index (κ2) is 18.2. The van der Waals surface area contributed by atoms with E-state index in [0.29, 0.717) is 17.8 Å². The van der Waals surface area contributed by atoms with Crippen LogP contribution in [0, 0.1) is 17.8 Å². The molecule has 0 aliphatic heterocycles. The molecule has 3 N–H and O–H groups in total. The SMILES string of the molecule is C.C.CC[C@@H]1CCC[C@@H]1c1cnc2cnc3[nH]ccc3n12.CC[C@@H]1CCC[C@@H]1c1cnc2cnc3[nH]ccc3n12.CC[C@@H]1CCC[C@@H]1c1cnc2cnc3[nH]ccc3n12.Cl. The molecule has 3 aliphatic carbocycles. The second-order valence-electron chi connectivity index (χ2n) is 16.7. The van der Waals surface area contributed by atoms with Crippen LogP contribution in [0.3, 0.4) is 0 Å². The van der Waals surface area contributed by atoms with Crippen molar-refractivity contribution < 1.29 is 0 Å². The summed E-state index contributed by atoms with van der Waals surface area (Å²) in [5.41, 5.74) is 13.2. The molecule has 13 heteroatoms. The summed E-state index contributed by atoms with van der Waals surface area (Å²) in [5.74, 6) is 4.38. The quantitative estimate of drug-likeness (QED) is 0.153. The lowest BCUT2D eigenvalue weighted by atomic mass is 9.91. The van der Waals surface area contributed by atoms with Crippen LogP contribution in [0.4, 0.5) is 0 Å². The van der Waals surface area contributed by atoms with Gasteiger partial charge in [-0.05, 0) is 74.5 Å². The van der Waals surface area contributed by atoms with Crippen LogP contribution in [-0.4, -0.2) is 58.1 Å². The minimum absolute atomic E-state index is 0. The lowest BCUT2D eigenvalue weighted by Crippen LogP contribution is -2.08. The van der Waals surface area contributed by atoms with Crippen molar-refractivity contribution in [1.82, 2.24) is 58.1 Å². The molecule has 0 bridgehead atoms. The third kappa shape index (κ3) is 7.34. The van der Waals surface area contributed by atoms with Crippen molar-refractivity contribution in [2.45, 2.75) is 130 Å². The molecule has 0 spiro atoms. The predicted octanol–water partition coefficient (Wildman–Crippen LogP) is 12.2. The second-order valence-corrected chi connectivity index (χ2v) is 16.7. The molecular formula is C47H63ClN12. The van der Waals surface area contributed by atoms with E-state index in [1.54, 1.807) is 0 Å². The maximum absolute atomic E-state index is 4.55. The topological polar surface area (TPSA) is 138 Å². The Morgan fingerprint density at radius 2 is 0.750 bits per heavy atom.